The predicted molar refractivity (Wildman–Crippen MR) is 93.0 cm³/mol. The standard InChI is InChI=1S/C19H26N2O3/c1-3-14-5-4-10-20(12-14)19(23)15-11-18(22)21(13-15)16-6-8-17(24-2)9-7-16/h6-9,14-15H,3-5,10-13H2,1-2H3/t14-,15+/m0/s1. The molecular formula is C19H26N2O3. The summed E-state index contributed by atoms with van der Waals surface area (Å²) >= 11 is 0. The molecule has 0 spiro atoms. The van der Waals surface area contributed by atoms with E-state index in [-0.39, 0.29) is 17.7 Å². The van der Waals surface area contributed by atoms with Crippen LogP contribution < -0.4 is 9.64 Å². The highest BCUT2D eigenvalue weighted by atomic mass is 16.5. The molecule has 24 heavy (non-hydrogen) atoms. The summed E-state index contributed by atoms with van der Waals surface area (Å²) in [5.41, 5.74) is 0.834. The predicted octanol–water partition coefficient (Wildman–Crippen LogP) is 2.70. The van der Waals surface area contributed by atoms with E-state index in [0.717, 1.165) is 37.4 Å². The van der Waals surface area contributed by atoms with Gasteiger partial charge in [-0.2, -0.15) is 0 Å². The lowest BCUT2D eigenvalue weighted by molar-refractivity contribution is -0.137. The van der Waals surface area contributed by atoms with Crippen LogP contribution in [0.3, 0.4) is 0 Å². The average Bonchev–Trinajstić information content (AvgIpc) is 3.03. The van der Waals surface area contributed by atoms with Gasteiger partial charge in [0.25, 0.3) is 0 Å². The lowest BCUT2D eigenvalue weighted by Crippen LogP contribution is -2.43. The molecule has 0 N–H and O–H groups in total. The van der Waals surface area contributed by atoms with Crippen molar-refractivity contribution in [3.63, 3.8) is 0 Å². The third-order valence-electron chi connectivity index (χ3n) is 5.27. The van der Waals surface area contributed by atoms with Gasteiger partial charge in [0.2, 0.25) is 11.8 Å². The maximum atomic E-state index is 12.8. The van der Waals surface area contributed by atoms with Crippen LogP contribution in [0.25, 0.3) is 0 Å². The minimum atomic E-state index is -0.213. The minimum Gasteiger partial charge on any atom is -0.497 e. The van der Waals surface area contributed by atoms with E-state index in [1.54, 1.807) is 12.0 Å². The third-order valence-corrected chi connectivity index (χ3v) is 5.27. The zero-order chi connectivity index (χ0) is 17.1. The molecule has 0 saturated carbocycles. The molecule has 0 aliphatic carbocycles. The molecular weight excluding hydrogens is 304 g/mol. The Morgan fingerprint density at radius 2 is 2.00 bits per heavy atom. The van der Waals surface area contributed by atoms with Crippen molar-refractivity contribution < 1.29 is 14.3 Å². The van der Waals surface area contributed by atoms with Crippen LogP contribution in [0.1, 0.15) is 32.6 Å². The Morgan fingerprint density at radius 3 is 2.67 bits per heavy atom. The molecule has 0 unspecified atom stereocenters. The number of hydrogen-bond donors (Lipinski definition) is 0. The van der Waals surface area contributed by atoms with Crippen molar-refractivity contribution in [2.45, 2.75) is 32.6 Å². The molecule has 2 saturated heterocycles. The van der Waals surface area contributed by atoms with Crippen LogP contribution in [0, 0.1) is 11.8 Å². The Bertz CT molecular complexity index is 599. The van der Waals surface area contributed by atoms with E-state index in [4.69, 9.17) is 4.74 Å². The van der Waals surface area contributed by atoms with Crippen LogP contribution in [0.2, 0.25) is 0 Å². The summed E-state index contributed by atoms with van der Waals surface area (Å²) in [6, 6.07) is 7.43. The summed E-state index contributed by atoms with van der Waals surface area (Å²) in [5.74, 6) is 1.34. The molecule has 5 heteroatoms. The number of carbonyl (C=O) groups is 2. The Balaban J connectivity index is 1.66. The summed E-state index contributed by atoms with van der Waals surface area (Å²) in [4.78, 5) is 28.9. The van der Waals surface area contributed by atoms with Gasteiger partial charge in [-0.05, 0) is 43.0 Å². The van der Waals surface area contributed by atoms with Gasteiger partial charge < -0.3 is 14.5 Å². The molecule has 2 aliphatic rings. The second kappa shape index (κ2) is 7.24. The number of methoxy groups -OCH3 is 1. The van der Waals surface area contributed by atoms with Gasteiger partial charge in [-0.3, -0.25) is 9.59 Å². The highest BCUT2D eigenvalue weighted by Crippen LogP contribution is 2.29. The summed E-state index contributed by atoms with van der Waals surface area (Å²) in [7, 11) is 1.62. The van der Waals surface area contributed by atoms with Crippen LogP contribution in [0.5, 0.6) is 5.75 Å². The van der Waals surface area contributed by atoms with Crippen molar-refractivity contribution in [1.29, 1.82) is 0 Å². The number of carbonyl (C=O) groups excluding carboxylic acids is 2. The molecule has 2 heterocycles. The van der Waals surface area contributed by atoms with Gasteiger partial charge in [-0.1, -0.05) is 13.3 Å². The zero-order valence-corrected chi connectivity index (χ0v) is 14.5. The van der Waals surface area contributed by atoms with Gasteiger partial charge in [0.1, 0.15) is 5.75 Å². The lowest BCUT2D eigenvalue weighted by Gasteiger charge is -2.33. The second-order valence-electron chi connectivity index (χ2n) is 6.80. The number of piperidine rings is 1. The topological polar surface area (TPSA) is 49.9 Å². The molecule has 0 aromatic heterocycles. The number of hydrogen-bond acceptors (Lipinski definition) is 3. The van der Waals surface area contributed by atoms with Crippen molar-refractivity contribution in [2.75, 3.05) is 31.6 Å². The molecule has 130 valence electrons. The highest BCUT2D eigenvalue weighted by molar-refractivity contribution is 6.00. The number of ether oxygens (including phenoxy) is 1. The van der Waals surface area contributed by atoms with E-state index in [0.29, 0.717) is 18.9 Å². The fourth-order valence-corrected chi connectivity index (χ4v) is 3.74. The van der Waals surface area contributed by atoms with Crippen LogP contribution >= 0.6 is 0 Å². The summed E-state index contributed by atoms with van der Waals surface area (Å²) in [5, 5.41) is 0. The fourth-order valence-electron chi connectivity index (χ4n) is 3.74. The van der Waals surface area contributed by atoms with Crippen LogP contribution in [0.15, 0.2) is 24.3 Å². The van der Waals surface area contributed by atoms with Gasteiger partial charge in [-0.25, -0.2) is 0 Å². The molecule has 1 aromatic carbocycles. The average molecular weight is 330 g/mol. The smallest absolute Gasteiger partial charge is 0.228 e. The lowest BCUT2D eigenvalue weighted by atomic mass is 9.94. The van der Waals surface area contributed by atoms with Gasteiger partial charge >= 0.3 is 0 Å². The molecule has 2 atom stereocenters. The second-order valence-corrected chi connectivity index (χ2v) is 6.80. The maximum absolute atomic E-state index is 12.8. The fraction of sp³-hybridized carbons (Fsp3) is 0.579. The van der Waals surface area contributed by atoms with Gasteiger partial charge in [0.05, 0.1) is 13.0 Å². The Morgan fingerprint density at radius 1 is 1.25 bits per heavy atom. The molecule has 1 aromatic rings. The number of nitrogens with zero attached hydrogens (tertiary/aromatic N) is 2. The number of amides is 2. The first kappa shape index (κ1) is 16.8. The molecule has 2 aliphatic heterocycles. The summed E-state index contributed by atoms with van der Waals surface area (Å²) in [6.07, 6.45) is 3.72. The van der Waals surface area contributed by atoms with E-state index in [9.17, 15) is 9.59 Å². The van der Waals surface area contributed by atoms with Crippen LogP contribution in [0.4, 0.5) is 5.69 Å². The van der Waals surface area contributed by atoms with Crippen LogP contribution in [-0.4, -0.2) is 43.5 Å². The van der Waals surface area contributed by atoms with Gasteiger partial charge in [-0.15, -0.1) is 0 Å². The monoisotopic (exact) mass is 330 g/mol. The first-order chi connectivity index (χ1) is 11.6. The first-order valence-corrected chi connectivity index (χ1v) is 8.85. The SMILES string of the molecule is CC[C@H]1CCCN(C(=O)[C@@H]2CC(=O)N(c3ccc(OC)cc3)C2)C1. The molecule has 2 fully saturated rings. The number of rotatable bonds is 4. The summed E-state index contributed by atoms with van der Waals surface area (Å²) in [6.45, 7) is 4.35. The molecule has 5 nitrogen and oxygen atoms in total. The van der Waals surface area contributed by atoms with E-state index in [1.807, 2.05) is 29.2 Å². The van der Waals surface area contributed by atoms with Crippen LogP contribution in [-0.2, 0) is 9.59 Å². The van der Waals surface area contributed by atoms with Crippen molar-refractivity contribution in [1.82, 2.24) is 4.90 Å². The Kier molecular flexibility index (Phi) is 5.07. The van der Waals surface area contributed by atoms with Gasteiger partial charge in [0, 0.05) is 31.7 Å². The van der Waals surface area contributed by atoms with Crippen molar-refractivity contribution in [3.8, 4) is 5.75 Å². The molecule has 2 amide bonds. The molecule has 0 bridgehead atoms. The molecule has 3 rings (SSSR count). The first-order valence-electron chi connectivity index (χ1n) is 8.85. The van der Waals surface area contributed by atoms with Crippen molar-refractivity contribution in [3.05, 3.63) is 24.3 Å². The van der Waals surface area contributed by atoms with Gasteiger partial charge in [0.15, 0.2) is 0 Å². The van der Waals surface area contributed by atoms with Crippen molar-refractivity contribution in [2.24, 2.45) is 11.8 Å². The van der Waals surface area contributed by atoms with Crippen molar-refractivity contribution >= 4 is 17.5 Å². The maximum Gasteiger partial charge on any atom is 0.228 e. The largest absolute Gasteiger partial charge is 0.497 e. The summed E-state index contributed by atoms with van der Waals surface area (Å²) < 4.78 is 5.15. The minimum absolute atomic E-state index is 0.0302. The third kappa shape index (κ3) is 3.40. The highest BCUT2D eigenvalue weighted by Gasteiger charge is 2.38. The Labute approximate surface area is 143 Å². The van der Waals surface area contributed by atoms with E-state index in [2.05, 4.69) is 6.92 Å². The number of anilines is 1. The van der Waals surface area contributed by atoms with E-state index < -0.39 is 0 Å². The van der Waals surface area contributed by atoms with E-state index in [1.165, 1.54) is 6.42 Å². The Hall–Kier alpha value is -2.04. The normalized spacial score (nSPS) is 24.3. The number of likely N-dealkylation sites (tertiary alicyclic amines) is 1. The number of benzene rings is 1. The quantitative estimate of drug-likeness (QED) is 0.853. The zero-order valence-electron chi connectivity index (χ0n) is 14.5. The van der Waals surface area contributed by atoms with E-state index >= 15 is 0 Å². The molecule has 0 radical (unpaired) electrons.